The number of halogens is 1. The van der Waals surface area contributed by atoms with Gasteiger partial charge in [0.25, 0.3) is 0 Å². The van der Waals surface area contributed by atoms with Gasteiger partial charge in [0.1, 0.15) is 5.15 Å². The number of nitrogens with zero attached hydrogens (tertiary/aromatic N) is 1. The van der Waals surface area contributed by atoms with Crippen molar-refractivity contribution in [1.29, 1.82) is 0 Å². The average Bonchev–Trinajstić information content (AvgIpc) is 2.09. The van der Waals surface area contributed by atoms with Crippen molar-refractivity contribution in [2.45, 2.75) is 6.42 Å². The molecule has 4 heteroatoms. The van der Waals surface area contributed by atoms with E-state index < -0.39 is 0 Å². The van der Waals surface area contributed by atoms with Crippen LogP contribution in [-0.4, -0.2) is 18.1 Å². The minimum Gasteiger partial charge on any atom is -0.457 e. The first-order valence-electron chi connectivity index (χ1n) is 3.42. The highest BCUT2D eigenvalue weighted by Gasteiger charge is 1.93. The van der Waals surface area contributed by atoms with Crippen LogP contribution >= 0.6 is 11.6 Å². The van der Waals surface area contributed by atoms with Crippen molar-refractivity contribution < 1.29 is 9.53 Å². The first kappa shape index (κ1) is 9.00. The number of hydrogen-bond donors (Lipinski definition) is 0. The number of pyridine rings is 1. The van der Waals surface area contributed by atoms with Gasteiger partial charge in [-0.1, -0.05) is 17.7 Å². The molecule has 0 bridgehead atoms. The Kier molecular flexibility index (Phi) is 3.54. The fourth-order valence-corrected chi connectivity index (χ4v) is 0.877. The molecule has 0 aliphatic heterocycles. The third-order valence-corrected chi connectivity index (χ3v) is 1.56. The van der Waals surface area contributed by atoms with Gasteiger partial charge in [0, 0.05) is 12.6 Å². The van der Waals surface area contributed by atoms with Gasteiger partial charge in [-0.15, -0.1) is 0 Å². The number of aromatic nitrogens is 1. The van der Waals surface area contributed by atoms with Gasteiger partial charge in [0.05, 0.1) is 6.61 Å². The fourth-order valence-electron chi connectivity index (χ4n) is 0.765. The zero-order valence-corrected chi connectivity index (χ0v) is 7.04. The Hall–Kier alpha value is -1.09. The Labute approximate surface area is 75.3 Å². The van der Waals surface area contributed by atoms with E-state index in [-0.39, 0.29) is 0 Å². The molecule has 0 saturated carbocycles. The van der Waals surface area contributed by atoms with E-state index in [0.717, 1.165) is 5.56 Å². The molecule has 0 aliphatic carbocycles. The van der Waals surface area contributed by atoms with E-state index in [2.05, 4.69) is 9.72 Å². The molecule has 1 aromatic heterocycles. The summed E-state index contributed by atoms with van der Waals surface area (Å²) in [6.45, 7) is 1.68. The topological polar surface area (TPSA) is 39.2 Å². The molecule has 0 spiro atoms. The summed E-state index contributed by atoms with van der Waals surface area (Å²) >= 11 is 5.57. The van der Waals surface area contributed by atoms with E-state index in [1.165, 1.54) is 6.47 Å². The van der Waals surface area contributed by atoms with Gasteiger partial charge in [0.2, 0.25) is 0 Å². The van der Waals surface area contributed by atoms with Crippen molar-refractivity contribution >= 4 is 18.1 Å². The Morgan fingerprint density at radius 1 is 1.58 bits per heavy atom. The van der Waals surface area contributed by atoms with E-state index in [9.17, 15) is 4.79 Å². The van der Waals surface area contributed by atoms with Gasteiger partial charge in [-0.05, 0) is 11.6 Å². The number of ether oxygens (including phenoxy) is 1. The van der Waals surface area contributed by atoms with E-state index in [0.29, 0.717) is 18.2 Å². The molecule has 0 amide bonds. The van der Waals surface area contributed by atoms with Crippen LogP contribution in [0, 0.1) is 0 Å². The minimum atomic E-state index is 0.326. The predicted octanol–water partition coefficient (Wildman–Crippen LogP) is 1.36. The van der Waals surface area contributed by atoms with Crippen LogP contribution in [0.25, 0.3) is 0 Å². The van der Waals surface area contributed by atoms with Crippen molar-refractivity contribution in [3.8, 4) is 0 Å². The lowest BCUT2D eigenvalue weighted by molar-refractivity contribution is 0.281. The molecule has 1 heterocycles. The SMILES string of the molecule is O=[C]OCCc1ccc(Cl)nc1. The van der Waals surface area contributed by atoms with Crippen molar-refractivity contribution in [2.75, 3.05) is 6.61 Å². The van der Waals surface area contributed by atoms with E-state index in [1.807, 2.05) is 6.07 Å². The van der Waals surface area contributed by atoms with Crippen LogP contribution in [0.5, 0.6) is 0 Å². The lowest BCUT2D eigenvalue weighted by Crippen LogP contribution is -1.96. The molecule has 0 aliphatic rings. The molecule has 0 N–H and O–H groups in total. The second-order valence-corrected chi connectivity index (χ2v) is 2.56. The molecule has 1 radical (unpaired) electrons. The summed E-state index contributed by atoms with van der Waals surface area (Å²) in [5.41, 5.74) is 0.981. The van der Waals surface area contributed by atoms with Gasteiger partial charge < -0.3 is 4.74 Å². The van der Waals surface area contributed by atoms with E-state index in [4.69, 9.17) is 11.6 Å². The molecular formula is C8H7ClNO2. The van der Waals surface area contributed by atoms with Crippen LogP contribution in [-0.2, 0) is 16.0 Å². The maximum atomic E-state index is 9.67. The van der Waals surface area contributed by atoms with Crippen LogP contribution in [0.2, 0.25) is 5.15 Å². The number of carbonyl (C=O) groups excluding carboxylic acids is 1. The summed E-state index contributed by atoms with van der Waals surface area (Å²) in [6.07, 6.45) is 2.29. The van der Waals surface area contributed by atoms with E-state index in [1.54, 1.807) is 12.3 Å². The van der Waals surface area contributed by atoms with Gasteiger partial charge in [-0.25, -0.2) is 9.78 Å². The van der Waals surface area contributed by atoms with Gasteiger partial charge >= 0.3 is 6.47 Å². The Morgan fingerprint density at radius 3 is 3.00 bits per heavy atom. The largest absolute Gasteiger partial charge is 0.457 e. The van der Waals surface area contributed by atoms with Crippen molar-refractivity contribution in [1.82, 2.24) is 4.98 Å². The Bertz CT molecular complexity index is 248. The average molecular weight is 185 g/mol. The first-order chi connectivity index (χ1) is 5.83. The maximum absolute atomic E-state index is 9.67. The lowest BCUT2D eigenvalue weighted by atomic mass is 10.2. The molecule has 3 nitrogen and oxygen atoms in total. The molecule has 12 heavy (non-hydrogen) atoms. The smallest absolute Gasteiger partial charge is 0.417 e. The predicted molar refractivity (Wildman–Crippen MR) is 44.6 cm³/mol. The van der Waals surface area contributed by atoms with E-state index >= 15 is 0 Å². The third-order valence-electron chi connectivity index (χ3n) is 1.34. The zero-order chi connectivity index (χ0) is 8.81. The summed E-state index contributed by atoms with van der Waals surface area (Å²) in [4.78, 5) is 13.5. The highest BCUT2D eigenvalue weighted by molar-refractivity contribution is 6.29. The molecule has 1 rings (SSSR count). The molecule has 0 fully saturated rings. The van der Waals surface area contributed by atoms with Crippen molar-refractivity contribution in [3.63, 3.8) is 0 Å². The molecule has 0 atom stereocenters. The highest BCUT2D eigenvalue weighted by atomic mass is 35.5. The highest BCUT2D eigenvalue weighted by Crippen LogP contribution is 2.05. The van der Waals surface area contributed by atoms with Gasteiger partial charge in [0.15, 0.2) is 0 Å². The summed E-state index contributed by atoms with van der Waals surface area (Å²) in [7, 11) is 0. The summed E-state index contributed by atoms with van der Waals surface area (Å²) in [6, 6.07) is 3.53. The molecule has 0 saturated heterocycles. The Morgan fingerprint density at radius 2 is 2.42 bits per heavy atom. The molecule has 1 aromatic rings. The van der Waals surface area contributed by atoms with Crippen LogP contribution in [0.15, 0.2) is 18.3 Å². The van der Waals surface area contributed by atoms with Crippen molar-refractivity contribution in [2.24, 2.45) is 0 Å². The monoisotopic (exact) mass is 184 g/mol. The Balaban J connectivity index is 2.42. The molecular weight excluding hydrogens is 178 g/mol. The summed E-state index contributed by atoms with van der Waals surface area (Å²) < 4.78 is 4.40. The fraction of sp³-hybridized carbons (Fsp3) is 0.250. The van der Waals surface area contributed by atoms with Crippen LogP contribution < -0.4 is 0 Å². The maximum Gasteiger partial charge on any atom is 0.417 e. The third kappa shape index (κ3) is 2.88. The standard InChI is InChI=1S/C8H7ClNO2/c9-8-2-1-7(5-10-8)3-4-12-6-11/h1-2,5H,3-4H2. The lowest BCUT2D eigenvalue weighted by Gasteiger charge is -1.98. The second kappa shape index (κ2) is 4.72. The number of hydrogen-bond acceptors (Lipinski definition) is 3. The molecule has 0 aromatic carbocycles. The second-order valence-electron chi connectivity index (χ2n) is 2.17. The molecule has 0 unspecified atom stereocenters. The normalized spacial score (nSPS) is 9.42. The van der Waals surface area contributed by atoms with Gasteiger partial charge in [-0.2, -0.15) is 0 Å². The van der Waals surface area contributed by atoms with Crippen LogP contribution in [0.4, 0.5) is 0 Å². The quantitative estimate of drug-likeness (QED) is 0.524. The van der Waals surface area contributed by atoms with Crippen LogP contribution in [0.1, 0.15) is 5.56 Å². The summed E-state index contributed by atoms with van der Waals surface area (Å²) in [5.74, 6) is 0. The summed E-state index contributed by atoms with van der Waals surface area (Å²) in [5, 5.41) is 0.460. The van der Waals surface area contributed by atoms with Crippen molar-refractivity contribution in [3.05, 3.63) is 29.0 Å². The van der Waals surface area contributed by atoms with Crippen LogP contribution in [0.3, 0.4) is 0 Å². The molecule has 63 valence electrons. The number of rotatable bonds is 4. The van der Waals surface area contributed by atoms with Gasteiger partial charge in [-0.3, -0.25) is 0 Å². The first-order valence-corrected chi connectivity index (χ1v) is 3.80. The zero-order valence-electron chi connectivity index (χ0n) is 6.29. The minimum absolute atomic E-state index is 0.326.